The van der Waals surface area contributed by atoms with Crippen LogP contribution in [0, 0.1) is 5.92 Å². The van der Waals surface area contributed by atoms with Gasteiger partial charge in [-0.05, 0) is 25.0 Å². The van der Waals surface area contributed by atoms with Gasteiger partial charge in [-0.25, -0.2) is 0 Å². The van der Waals surface area contributed by atoms with Crippen molar-refractivity contribution in [2.24, 2.45) is 5.92 Å². The Morgan fingerprint density at radius 3 is 2.67 bits per heavy atom. The lowest BCUT2D eigenvalue weighted by Crippen LogP contribution is -2.56. The topological polar surface area (TPSA) is 75.9 Å². The molecule has 5 rings (SSSR count). The zero-order valence-electron chi connectivity index (χ0n) is 13.5. The number of anilines is 1. The maximum absolute atomic E-state index is 12.5. The van der Waals surface area contributed by atoms with Crippen molar-refractivity contribution < 1.29 is 9.53 Å². The molecular formula is C16H20N6O2. The van der Waals surface area contributed by atoms with Gasteiger partial charge in [0.2, 0.25) is 5.91 Å². The van der Waals surface area contributed by atoms with Gasteiger partial charge in [0.05, 0.1) is 19.1 Å². The lowest BCUT2D eigenvalue weighted by atomic mass is 9.98. The van der Waals surface area contributed by atoms with Gasteiger partial charge in [-0.15, -0.1) is 15.3 Å². The molecule has 2 aliphatic heterocycles. The summed E-state index contributed by atoms with van der Waals surface area (Å²) >= 11 is 0. The molecule has 0 radical (unpaired) electrons. The van der Waals surface area contributed by atoms with Gasteiger partial charge in [0.1, 0.15) is 5.82 Å². The van der Waals surface area contributed by atoms with Crippen LogP contribution in [0.1, 0.15) is 24.6 Å². The summed E-state index contributed by atoms with van der Waals surface area (Å²) in [5.74, 6) is 2.70. The first kappa shape index (κ1) is 14.2. The maximum Gasteiger partial charge on any atom is 0.229 e. The summed E-state index contributed by atoms with van der Waals surface area (Å²) in [4.78, 5) is 16.6. The van der Waals surface area contributed by atoms with E-state index in [-0.39, 0.29) is 11.8 Å². The van der Waals surface area contributed by atoms with Gasteiger partial charge in [-0.3, -0.25) is 4.79 Å². The van der Waals surface area contributed by atoms with Crippen molar-refractivity contribution in [2.45, 2.75) is 18.8 Å². The third kappa shape index (κ3) is 2.32. The van der Waals surface area contributed by atoms with Crippen molar-refractivity contribution in [1.82, 2.24) is 24.7 Å². The third-order valence-corrected chi connectivity index (χ3v) is 5.09. The van der Waals surface area contributed by atoms with Crippen LogP contribution in [0.25, 0.3) is 5.65 Å². The highest BCUT2D eigenvalue weighted by Gasteiger charge is 2.37. The summed E-state index contributed by atoms with van der Waals surface area (Å²) in [6, 6.07) is 3.93. The second kappa shape index (κ2) is 5.41. The Kier molecular flexibility index (Phi) is 3.19. The van der Waals surface area contributed by atoms with E-state index in [1.54, 1.807) is 0 Å². The molecule has 2 saturated heterocycles. The van der Waals surface area contributed by atoms with Crippen LogP contribution in [0.2, 0.25) is 0 Å². The lowest BCUT2D eigenvalue weighted by molar-refractivity contribution is -0.140. The van der Waals surface area contributed by atoms with E-state index in [4.69, 9.17) is 9.84 Å². The van der Waals surface area contributed by atoms with Gasteiger partial charge in [0.25, 0.3) is 0 Å². The summed E-state index contributed by atoms with van der Waals surface area (Å²) < 4.78 is 7.18. The molecule has 1 saturated carbocycles. The van der Waals surface area contributed by atoms with Crippen molar-refractivity contribution in [1.29, 1.82) is 0 Å². The SMILES string of the molecule is O=C(C1CN(c2ccc3nnc(C4CC4)n3n2)C1)N1CCOCC1. The molecule has 0 atom stereocenters. The first-order chi connectivity index (χ1) is 11.8. The molecule has 0 spiro atoms. The predicted molar refractivity (Wildman–Crippen MR) is 85.9 cm³/mol. The molecule has 0 aromatic carbocycles. The number of carbonyl (C=O) groups excluding carboxylic acids is 1. The molecule has 0 unspecified atom stereocenters. The van der Waals surface area contributed by atoms with Crippen molar-refractivity contribution >= 4 is 17.4 Å². The standard InChI is InChI=1S/C16H20N6O2/c23-16(20-5-7-24-8-6-20)12-9-21(10-12)14-4-3-13-17-18-15(11-1-2-11)22(13)19-14/h3-4,11-12H,1-2,5-10H2. The highest BCUT2D eigenvalue weighted by molar-refractivity contribution is 5.82. The van der Waals surface area contributed by atoms with Crippen LogP contribution in [0.15, 0.2) is 12.1 Å². The second-order valence-electron chi connectivity index (χ2n) is 6.83. The Bertz CT molecular complexity index is 774. The van der Waals surface area contributed by atoms with E-state index in [9.17, 15) is 4.79 Å². The van der Waals surface area contributed by atoms with Crippen LogP contribution in [0.5, 0.6) is 0 Å². The maximum atomic E-state index is 12.5. The zero-order chi connectivity index (χ0) is 16.1. The van der Waals surface area contributed by atoms with Crippen LogP contribution >= 0.6 is 0 Å². The monoisotopic (exact) mass is 328 g/mol. The number of hydrogen-bond acceptors (Lipinski definition) is 6. The molecule has 1 aliphatic carbocycles. The molecule has 4 heterocycles. The Hall–Kier alpha value is -2.22. The zero-order valence-corrected chi connectivity index (χ0v) is 13.5. The van der Waals surface area contributed by atoms with E-state index in [1.807, 2.05) is 21.5 Å². The van der Waals surface area contributed by atoms with E-state index in [1.165, 1.54) is 12.8 Å². The Balaban J connectivity index is 1.29. The van der Waals surface area contributed by atoms with Crippen LogP contribution in [-0.4, -0.2) is 70.0 Å². The number of carbonyl (C=O) groups is 1. The highest BCUT2D eigenvalue weighted by atomic mass is 16.5. The van der Waals surface area contributed by atoms with Crippen LogP contribution in [-0.2, 0) is 9.53 Å². The van der Waals surface area contributed by atoms with Gasteiger partial charge < -0.3 is 14.5 Å². The average Bonchev–Trinajstić information content (AvgIpc) is 3.34. The fourth-order valence-electron chi connectivity index (χ4n) is 3.42. The number of ether oxygens (including phenoxy) is 1. The number of rotatable bonds is 3. The van der Waals surface area contributed by atoms with Crippen molar-refractivity contribution in [3.05, 3.63) is 18.0 Å². The largest absolute Gasteiger partial charge is 0.378 e. The molecule has 0 bridgehead atoms. The summed E-state index contributed by atoms with van der Waals surface area (Å²) in [6.07, 6.45) is 2.35. The van der Waals surface area contributed by atoms with Crippen LogP contribution < -0.4 is 4.90 Å². The Morgan fingerprint density at radius 1 is 1.12 bits per heavy atom. The van der Waals surface area contributed by atoms with E-state index in [0.717, 1.165) is 30.4 Å². The summed E-state index contributed by atoms with van der Waals surface area (Å²) in [5, 5.41) is 13.2. The van der Waals surface area contributed by atoms with Gasteiger partial charge in [0, 0.05) is 32.1 Å². The molecule has 24 heavy (non-hydrogen) atoms. The Morgan fingerprint density at radius 2 is 1.92 bits per heavy atom. The minimum absolute atomic E-state index is 0.0735. The number of hydrogen-bond donors (Lipinski definition) is 0. The van der Waals surface area contributed by atoms with Gasteiger partial charge in [-0.2, -0.15) is 4.52 Å². The molecule has 8 nitrogen and oxygen atoms in total. The quantitative estimate of drug-likeness (QED) is 0.806. The van der Waals surface area contributed by atoms with Gasteiger partial charge >= 0.3 is 0 Å². The predicted octanol–water partition coefficient (Wildman–Crippen LogP) is 0.297. The molecule has 2 aromatic rings. The number of nitrogens with zero attached hydrogens (tertiary/aromatic N) is 6. The van der Waals surface area contributed by atoms with Crippen LogP contribution in [0.3, 0.4) is 0 Å². The van der Waals surface area contributed by atoms with E-state index < -0.39 is 0 Å². The first-order valence-corrected chi connectivity index (χ1v) is 8.63. The molecule has 126 valence electrons. The number of amides is 1. The van der Waals surface area contributed by atoms with E-state index >= 15 is 0 Å². The first-order valence-electron chi connectivity index (χ1n) is 8.63. The smallest absolute Gasteiger partial charge is 0.229 e. The third-order valence-electron chi connectivity index (χ3n) is 5.09. The second-order valence-corrected chi connectivity index (χ2v) is 6.83. The summed E-state index contributed by atoms with van der Waals surface area (Å²) in [5.41, 5.74) is 0.794. The fourth-order valence-corrected chi connectivity index (χ4v) is 3.42. The fraction of sp³-hybridized carbons (Fsp3) is 0.625. The van der Waals surface area contributed by atoms with E-state index in [2.05, 4.69) is 15.1 Å². The van der Waals surface area contributed by atoms with Gasteiger partial charge in [0.15, 0.2) is 11.5 Å². The van der Waals surface area contributed by atoms with Crippen molar-refractivity contribution in [3.63, 3.8) is 0 Å². The van der Waals surface area contributed by atoms with E-state index in [0.29, 0.717) is 32.2 Å². The molecular weight excluding hydrogens is 308 g/mol. The molecule has 1 amide bonds. The Labute approximate surface area is 139 Å². The average molecular weight is 328 g/mol. The minimum Gasteiger partial charge on any atom is -0.378 e. The molecule has 2 aromatic heterocycles. The number of fused-ring (bicyclic) bond motifs is 1. The normalized spacial score (nSPS) is 22.0. The summed E-state index contributed by atoms with van der Waals surface area (Å²) in [6.45, 7) is 4.19. The van der Waals surface area contributed by atoms with Gasteiger partial charge in [-0.1, -0.05) is 0 Å². The van der Waals surface area contributed by atoms with Crippen molar-refractivity contribution in [3.8, 4) is 0 Å². The highest BCUT2D eigenvalue weighted by Crippen LogP contribution is 2.39. The number of morpholine rings is 1. The molecule has 3 fully saturated rings. The minimum atomic E-state index is 0.0735. The molecule has 3 aliphatic rings. The number of aromatic nitrogens is 4. The lowest BCUT2D eigenvalue weighted by Gasteiger charge is -2.41. The summed E-state index contributed by atoms with van der Waals surface area (Å²) in [7, 11) is 0. The molecule has 8 heteroatoms. The molecule has 0 N–H and O–H groups in total. The van der Waals surface area contributed by atoms with Crippen LogP contribution in [0.4, 0.5) is 5.82 Å². The van der Waals surface area contributed by atoms with Crippen molar-refractivity contribution in [2.75, 3.05) is 44.3 Å².